The highest BCUT2D eigenvalue weighted by molar-refractivity contribution is 5.75. The summed E-state index contributed by atoms with van der Waals surface area (Å²) in [6.07, 6.45) is -0.000547. The molecule has 0 aliphatic rings. The largest absolute Gasteiger partial charge is 0.481 e. The maximum absolute atomic E-state index is 10.7. The van der Waals surface area contributed by atoms with Crippen molar-refractivity contribution < 1.29 is 19.8 Å². The highest BCUT2D eigenvalue weighted by Gasteiger charge is 2.17. The number of carbonyl (C=O) groups is 2. The van der Waals surface area contributed by atoms with Crippen LogP contribution in [-0.4, -0.2) is 34.7 Å². The molecule has 1 unspecified atom stereocenters. The van der Waals surface area contributed by atoms with E-state index >= 15 is 0 Å². The van der Waals surface area contributed by atoms with E-state index in [0.29, 0.717) is 12.5 Å². The van der Waals surface area contributed by atoms with Crippen LogP contribution in [0.1, 0.15) is 26.7 Å². The first kappa shape index (κ1) is 12.9. The third-order valence-corrected chi connectivity index (χ3v) is 1.72. The van der Waals surface area contributed by atoms with E-state index < -0.39 is 18.0 Å². The van der Waals surface area contributed by atoms with Gasteiger partial charge in [-0.1, -0.05) is 13.8 Å². The molecule has 0 aromatic rings. The predicted molar refractivity (Wildman–Crippen MR) is 51.1 cm³/mol. The van der Waals surface area contributed by atoms with E-state index in [2.05, 4.69) is 5.32 Å². The smallest absolute Gasteiger partial charge is 0.320 e. The van der Waals surface area contributed by atoms with Gasteiger partial charge in [0.2, 0.25) is 0 Å². The van der Waals surface area contributed by atoms with Crippen molar-refractivity contribution in [2.45, 2.75) is 32.7 Å². The van der Waals surface area contributed by atoms with Gasteiger partial charge in [0.1, 0.15) is 6.04 Å². The molecule has 5 heteroatoms. The molecule has 0 amide bonds. The molecule has 3 N–H and O–H groups in total. The Morgan fingerprint density at radius 1 is 1.29 bits per heavy atom. The molecule has 0 bridgehead atoms. The van der Waals surface area contributed by atoms with Gasteiger partial charge in [0.05, 0.1) is 0 Å². The van der Waals surface area contributed by atoms with Crippen molar-refractivity contribution in [1.82, 2.24) is 5.32 Å². The lowest BCUT2D eigenvalue weighted by molar-refractivity contribution is -0.140. The minimum Gasteiger partial charge on any atom is -0.481 e. The minimum absolute atomic E-state index is 0.122. The molecule has 0 aromatic heterocycles. The highest BCUT2D eigenvalue weighted by Crippen LogP contribution is 1.99. The van der Waals surface area contributed by atoms with E-state index in [-0.39, 0.29) is 12.8 Å². The Bertz CT molecular complexity index is 203. The zero-order valence-electron chi connectivity index (χ0n) is 8.49. The summed E-state index contributed by atoms with van der Waals surface area (Å²) in [6.45, 7) is 4.50. The van der Waals surface area contributed by atoms with Crippen LogP contribution in [0.15, 0.2) is 0 Å². The number of hydrogen-bond acceptors (Lipinski definition) is 3. The summed E-state index contributed by atoms with van der Waals surface area (Å²) in [5.41, 5.74) is 0. The molecule has 0 heterocycles. The van der Waals surface area contributed by atoms with Crippen LogP contribution in [0.2, 0.25) is 0 Å². The van der Waals surface area contributed by atoms with Crippen LogP contribution in [0.5, 0.6) is 0 Å². The Hall–Kier alpha value is -1.10. The van der Waals surface area contributed by atoms with Crippen molar-refractivity contribution in [2.75, 3.05) is 6.54 Å². The molecule has 0 fully saturated rings. The topological polar surface area (TPSA) is 86.6 Å². The van der Waals surface area contributed by atoms with Crippen molar-refractivity contribution in [1.29, 1.82) is 0 Å². The van der Waals surface area contributed by atoms with Crippen molar-refractivity contribution in [3.05, 3.63) is 0 Å². The summed E-state index contributed by atoms with van der Waals surface area (Å²) in [4.78, 5) is 20.9. The van der Waals surface area contributed by atoms with Gasteiger partial charge in [-0.25, -0.2) is 0 Å². The van der Waals surface area contributed by atoms with Gasteiger partial charge in [-0.2, -0.15) is 0 Å². The van der Waals surface area contributed by atoms with Crippen LogP contribution >= 0.6 is 0 Å². The van der Waals surface area contributed by atoms with E-state index in [1.165, 1.54) is 0 Å². The van der Waals surface area contributed by atoms with Gasteiger partial charge in [0.15, 0.2) is 0 Å². The van der Waals surface area contributed by atoms with Crippen molar-refractivity contribution in [3.63, 3.8) is 0 Å². The van der Waals surface area contributed by atoms with E-state index in [1.54, 1.807) is 0 Å². The Morgan fingerprint density at radius 2 is 1.86 bits per heavy atom. The Morgan fingerprint density at radius 3 is 2.21 bits per heavy atom. The Balaban J connectivity index is 3.90. The molecule has 0 aliphatic heterocycles. The van der Waals surface area contributed by atoms with Crippen molar-refractivity contribution in [2.24, 2.45) is 5.92 Å². The zero-order chi connectivity index (χ0) is 11.1. The number of rotatable bonds is 7. The Kier molecular flexibility index (Phi) is 5.87. The second kappa shape index (κ2) is 6.37. The SMILES string of the molecule is CC(C)CNC(CCC(=O)O)C(=O)O. The molecular formula is C9H17NO4. The predicted octanol–water partition coefficient (Wildman–Crippen LogP) is 0.550. The molecule has 0 saturated heterocycles. The first-order valence-electron chi connectivity index (χ1n) is 4.61. The lowest BCUT2D eigenvalue weighted by atomic mass is 10.1. The fourth-order valence-corrected chi connectivity index (χ4v) is 0.959. The highest BCUT2D eigenvalue weighted by atomic mass is 16.4. The standard InChI is InChI=1S/C9H17NO4/c1-6(2)5-10-7(9(13)14)3-4-8(11)12/h6-7,10H,3-5H2,1-2H3,(H,11,12)(H,13,14). The normalized spacial score (nSPS) is 12.8. The van der Waals surface area contributed by atoms with Crippen LogP contribution in [-0.2, 0) is 9.59 Å². The molecule has 5 nitrogen and oxygen atoms in total. The number of nitrogens with one attached hydrogen (secondary N) is 1. The van der Waals surface area contributed by atoms with E-state index in [1.807, 2.05) is 13.8 Å². The van der Waals surface area contributed by atoms with Gasteiger partial charge in [-0.3, -0.25) is 9.59 Å². The molecule has 0 spiro atoms. The fraction of sp³-hybridized carbons (Fsp3) is 0.778. The van der Waals surface area contributed by atoms with E-state index in [9.17, 15) is 9.59 Å². The first-order valence-corrected chi connectivity index (χ1v) is 4.61. The van der Waals surface area contributed by atoms with Crippen molar-refractivity contribution in [3.8, 4) is 0 Å². The molecule has 82 valence electrons. The zero-order valence-corrected chi connectivity index (χ0v) is 8.49. The van der Waals surface area contributed by atoms with Gasteiger partial charge in [-0.05, 0) is 18.9 Å². The molecule has 1 atom stereocenters. The quantitative estimate of drug-likeness (QED) is 0.562. The summed E-state index contributed by atoms with van der Waals surface area (Å²) >= 11 is 0. The number of aliphatic carboxylic acids is 2. The number of hydrogen-bond donors (Lipinski definition) is 3. The summed E-state index contributed by atoms with van der Waals surface area (Å²) in [5.74, 6) is -1.61. The summed E-state index contributed by atoms with van der Waals surface area (Å²) in [5, 5.41) is 20.0. The maximum atomic E-state index is 10.7. The van der Waals surface area contributed by atoms with Crippen molar-refractivity contribution >= 4 is 11.9 Å². The number of carboxylic acids is 2. The van der Waals surface area contributed by atoms with Gasteiger partial charge >= 0.3 is 11.9 Å². The third kappa shape index (κ3) is 6.42. The van der Waals surface area contributed by atoms with Crippen LogP contribution in [0.25, 0.3) is 0 Å². The van der Waals surface area contributed by atoms with Gasteiger partial charge in [0.25, 0.3) is 0 Å². The molecule has 0 aliphatic carbocycles. The second-order valence-electron chi connectivity index (χ2n) is 3.63. The van der Waals surface area contributed by atoms with Gasteiger partial charge in [-0.15, -0.1) is 0 Å². The van der Waals surface area contributed by atoms with E-state index in [4.69, 9.17) is 10.2 Å². The van der Waals surface area contributed by atoms with Crippen LogP contribution in [0.3, 0.4) is 0 Å². The average Bonchev–Trinajstić information content (AvgIpc) is 2.02. The molecule has 0 rings (SSSR count). The van der Waals surface area contributed by atoms with Gasteiger partial charge < -0.3 is 15.5 Å². The second-order valence-corrected chi connectivity index (χ2v) is 3.63. The summed E-state index contributed by atoms with van der Waals surface area (Å²) in [6, 6.07) is -0.756. The van der Waals surface area contributed by atoms with Crippen LogP contribution in [0, 0.1) is 5.92 Å². The van der Waals surface area contributed by atoms with E-state index in [0.717, 1.165) is 0 Å². The molecule has 0 radical (unpaired) electrons. The molecular weight excluding hydrogens is 186 g/mol. The lowest BCUT2D eigenvalue weighted by Crippen LogP contribution is -2.39. The maximum Gasteiger partial charge on any atom is 0.320 e. The summed E-state index contributed by atoms with van der Waals surface area (Å²) < 4.78 is 0. The lowest BCUT2D eigenvalue weighted by Gasteiger charge is -2.14. The monoisotopic (exact) mass is 203 g/mol. The summed E-state index contributed by atoms with van der Waals surface area (Å²) in [7, 11) is 0. The minimum atomic E-state index is -0.994. The first-order chi connectivity index (χ1) is 6.43. The molecule has 0 saturated carbocycles. The molecule has 14 heavy (non-hydrogen) atoms. The average molecular weight is 203 g/mol. The van der Waals surface area contributed by atoms with Crippen LogP contribution < -0.4 is 5.32 Å². The number of carboxylic acid groups (broad SMARTS) is 2. The van der Waals surface area contributed by atoms with Crippen LogP contribution in [0.4, 0.5) is 0 Å². The molecule has 0 aromatic carbocycles. The fourth-order valence-electron chi connectivity index (χ4n) is 0.959. The third-order valence-electron chi connectivity index (χ3n) is 1.72. The van der Waals surface area contributed by atoms with Gasteiger partial charge in [0, 0.05) is 6.42 Å². The Labute approximate surface area is 83.1 Å².